The van der Waals surface area contributed by atoms with Gasteiger partial charge < -0.3 is 9.47 Å². The van der Waals surface area contributed by atoms with E-state index in [9.17, 15) is 8.42 Å². The van der Waals surface area contributed by atoms with Gasteiger partial charge in [-0.05, 0) is 38.8 Å². The first-order valence-corrected chi connectivity index (χ1v) is 8.87. The molecule has 0 saturated carbocycles. The molecule has 1 aromatic carbocycles. The average Bonchev–Trinajstić information content (AvgIpc) is 2.46. The van der Waals surface area contributed by atoms with Gasteiger partial charge in [-0.3, -0.25) is 0 Å². The highest BCUT2D eigenvalue weighted by Gasteiger charge is 2.36. The van der Waals surface area contributed by atoms with E-state index in [1.165, 1.54) is 0 Å². The third-order valence-electron chi connectivity index (χ3n) is 4.20. The Kier molecular flexibility index (Phi) is 3.84. The Morgan fingerprint density at radius 3 is 2.33 bits per heavy atom. The third kappa shape index (κ3) is 2.62. The predicted molar refractivity (Wildman–Crippen MR) is 79.2 cm³/mol. The Hall–Kier alpha value is -1.27. The molecule has 1 fully saturated rings. The van der Waals surface area contributed by atoms with E-state index in [4.69, 9.17) is 9.47 Å². The predicted octanol–water partition coefficient (Wildman–Crippen LogP) is 2.41. The highest BCUT2D eigenvalue weighted by atomic mass is 32.2. The molecule has 0 aromatic heterocycles. The summed E-state index contributed by atoms with van der Waals surface area (Å²) in [5.41, 5.74) is 0. The van der Waals surface area contributed by atoms with Gasteiger partial charge in [-0.25, -0.2) is 8.42 Å². The second kappa shape index (κ2) is 5.50. The highest BCUT2D eigenvalue weighted by molar-refractivity contribution is 7.89. The first kappa shape index (κ1) is 14.7. The molecule has 1 aromatic rings. The van der Waals surface area contributed by atoms with Gasteiger partial charge in [0.25, 0.3) is 0 Å². The molecule has 3 rings (SSSR count). The fourth-order valence-corrected chi connectivity index (χ4v) is 5.08. The van der Waals surface area contributed by atoms with Crippen molar-refractivity contribution >= 4 is 10.0 Å². The van der Waals surface area contributed by atoms with E-state index in [1.54, 1.807) is 22.5 Å². The molecular formula is C15H21NO4S. The van der Waals surface area contributed by atoms with Gasteiger partial charge in [0.2, 0.25) is 10.0 Å². The second-order valence-electron chi connectivity index (χ2n) is 5.77. The van der Waals surface area contributed by atoms with Crippen LogP contribution in [0.3, 0.4) is 0 Å². The number of rotatable bonds is 2. The Bertz CT molecular complexity index is 619. The van der Waals surface area contributed by atoms with Crippen LogP contribution in [0.5, 0.6) is 11.5 Å². The quantitative estimate of drug-likeness (QED) is 0.841. The first-order chi connectivity index (χ1) is 10.00. The average molecular weight is 311 g/mol. The molecule has 5 nitrogen and oxygen atoms in total. The summed E-state index contributed by atoms with van der Waals surface area (Å²) in [7, 11) is -3.50. The fraction of sp³-hybridized carbons (Fsp3) is 0.600. The van der Waals surface area contributed by atoms with Gasteiger partial charge in [0.1, 0.15) is 13.2 Å². The number of hydrogen-bond acceptors (Lipinski definition) is 4. The van der Waals surface area contributed by atoms with Crippen molar-refractivity contribution in [1.29, 1.82) is 0 Å². The summed E-state index contributed by atoms with van der Waals surface area (Å²) >= 11 is 0. The largest absolute Gasteiger partial charge is 0.486 e. The summed E-state index contributed by atoms with van der Waals surface area (Å²) in [6, 6.07) is 4.94. The summed E-state index contributed by atoms with van der Waals surface area (Å²) in [6.45, 7) is 4.91. The minimum Gasteiger partial charge on any atom is -0.486 e. The van der Waals surface area contributed by atoms with Crippen LogP contribution in [0.15, 0.2) is 23.1 Å². The van der Waals surface area contributed by atoms with Crippen molar-refractivity contribution < 1.29 is 17.9 Å². The molecule has 2 aliphatic heterocycles. The van der Waals surface area contributed by atoms with Crippen molar-refractivity contribution in [2.24, 2.45) is 0 Å². The maximum absolute atomic E-state index is 12.9. The van der Waals surface area contributed by atoms with Crippen LogP contribution in [0.4, 0.5) is 0 Å². The lowest BCUT2D eigenvalue weighted by atomic mass is 10.0. The molecule has 2 aliphatic rings. The lowest BCUT2D eigenvalue weighted by Crippen LogP contribution is -2.47. The number of hydrogen-bond donors (Lipinski definition) is 0. The van der Waals surface area contributed by atoms with Crippen molar-refractivity contribution in [1.82, 2.24) is 4.31 Å². The molecule has 2 heterocycles. The summed E-state index contributed by atoms with van der Waals surface area (Å²) in [5, 5.41) is 0. The number of nitrogens with zero attached hydrogens (tertiary/aromatic N) is 1. The molecule has 21 heavy (non-hydrogen) atoms. The maximum atomic E-state index is 12.9. The third-order valence-corrected chi connectivity index (χ3v) is 6.33. The Morgan fingerprint density at radius 2 is 1.67 bits per heavy atom. The van der Waals surface area contributed by atoms with E-state index in [0.717, 1.165) is 19.3 Å². The normalized spacial score (nSPS) is 26.6. The van der Waals surface area contributed by atoms with Crippen molar-refractivity contribution in [3.05, 3.63) is 18.2 Å². The van der Waals surface area contributed by atoms with Crippen LogP contribution in [-0.4, -0.2) is 38.0 Å². The molecule has 0 spiro atoms. The first-order valence-electron chi connectivity index (χ1n) is 7.43. The topological polar surface area (TPSA) is 55.8 Å². The van der Waals surface area contributed by atoms with Gasteiger partial charge >= 0.3 is 0 Å². The molecular weight excluding hydrogens is 290 g/mol. The minimum absolute atomic E-state index is 0.0342. The summed E-state index contributed by atoms with van der Waals surface area (Å²) in [6.07, 6.45) is 2.90. The van der Waals surface area contributed by atoms with Gasteiger partial charge in [-0.15, -0.1) is 0 Å². The molecule has 1 saturated heterocycles. The van der Waals surface area contributed by atoms with Crippen LogP contribution in [0.2, 0.25) is 0 Å². The van der Waals surface area contributed by atoms with Crippen molar-refractivity contribution in [3.63, 3.8) is 0 Å². The Labute approximate surface area is 125 Å². The van der Waals surface area contributed by atoms with Crippen LogP contribution in [0.1, 0.15) is 33.1 Å². The van der Waals surface area contributed by atoms with Crippen LogP contribution < -0.4 is 9.47 Å². The monoisotopic (exact) mass is 311 g/mol. The summed E-state index contributed by atoms with van der Waals surface area (Å²) < 4.78 is 38.4. The van der Waals surface area contributed by atoms with E-state index >= 15 is 0 Å². The zero-order chi connectivity index (χ0) is 15.0. The highest BCUT2D eigenvalue weighted by Crippen LogP contribution is 2.35. The van der Waals surface area contributed by atoms with E-state index < -0.39 is 10.0 Å². The lowest BCUT2D eigenvalue weighted by Gasteiger charge is -2.37. The smallest absolute Gasteiger partial charge is 0.243 e. The van der Waals surface area contributed by atoms with Gasteiger partial charge in [-0.2, -0.15) is 4.31 Å². The zero-order valence-corrected chi connectivity index (χ0v) is 13.2. The van der Waals surface area contributed by atoms with Gasteiger partial charge in [0.15, 0.2) is 11.5 Å². The molecule has 116 valence electrons. The van der Waals surface area contributed by atoms with Crippen LogP contribution in [0.25, 0.3) is 0 Å². The molecule has 0 amide bonds. The number of fused-ring (bicyclic) bond motifs is 1. The Morgan fingerprint density at radius 1 is 1.05 bits per heavy atom. The maximum Gasteiger partial charge on any atom is 0.243 e. The minimum atomic E-state index is -3.50. The molecule has 6 heteroatoms. The number of benzene rings is 1. The second-order valence-corrected chi connectivity index (χ2v) is 7.61. The molecule has 0 bridgehead atoms. The number of sulfonamides is 1. The molecule has 0 aliphatic carbocycles. The van der Waals surface area contributed by atoms with Crippen LogP contribution >= 0.6 is 0 Å². The van der Waals surface area contributed by atoms with Crippen molar-refractivity contribution in [3.8, 4) is 11.5 Å². The van der Waals surface area contributed by atoms with E-state index in [2.05, 4.69) is 0 Å². The van der Waals surface area contributed by atoms with Crippen LogP contribution in [-0.2, 0) is 10.0 Å². The van der Waals surface area contributed by atoms with Gasteiger partial charge in [-0.1, -0.05) is 6.42 Å². The van der Waals surface area contributed by atoms with Gasteiger partial charge in [0.05, 0.1) is 4.90 Å². The van der Waals surface area contributed by atoms with Gasteiger partial charge in [0, 0.05) is 18.2 Å². The standard InChI is InChI=1S/C15H21NO4S/c1-11-4-3-5-12(2)16(11)21(17,18)13-6-7-14-15(10-13)20-9-8-19-14/h6-7,10-12H,3-5,8-9H2,1-2H3/t11-,12-/m0/s1. The van der Waals surface area contributed by atoms with Crippen molar-refractivity contribution in [2.45, 2.75) is 50.1 Å². The SMILES string of the molecule is C[C@H]1CCC[C@H](C)N1S(=O)(=O)c1ccc2c(c1)OCCO2. The lowest BCUT2D eigenvalue weighted by molar-refractivity contribution is 0.170. The van der Waals surface area contributed by atoms with Crippen molar-refractivity contribution in [2.75, 3.05) is 13.2 Å². The zero-order valence-electron chi connectivity index (χ0n) is 12.4. The molecule has 2 atom stereocenters. The molecule has 0 unspecified atom stereocenters. The summed E-state index contributed by atoms with van der Waals surface area (Å²) in [4.78, 5) is 0.285. The number of ether oxygens (including phenoxy) is 2. The molecule has 0 radical (unpaired) electrons. The Balaban J connectivity index is 1.97. The number of piperidine rings is 1. The van der Waals surface area contributed by atoms with E-state index in [1.807, 2.05) is 13.8 Å². The summed E-state index contributed by atoms with van der Waals surface area (Å²) in [5.74, 6) is 1.12. The molecule has 0 N–H and O–H groups in total. The van der Waals surface area contributed by atoms with E-state index in [0.29, 0.717) is 24.7 Å². The van der Waals surface area contributed by atoms with Crippen LogP contribution in [0, 0.1) is 0 Å². The van der Waals surface area contributed by atoms with E-state index in [-0.39, 0.29) is 17.0 Å². The fourth-order valence-electron chi connectivity index (χ4n) is 3.18.